The molecule has 66 valence electrons. The molecule has 1 saturated heterocycles. The number of rotatable bonds is 2. The maximum Gasteiger partial charge on any atom is 0.218 e. The third-order valence-corrected chi connectivity index (χ3v) is 4.88. The van der Waals surface area contributed by atoms with Gasteiger partial charge in [-0.05, 0) is 20.3 Å². The molecule has 0 aromatic heterocycles. The molecule has 0 N–H and O–H groups in total. The van der Waals surface area contributed by atoms with Gasteiger partial charge in [-0.25, -0.2) is 8.42 Å². The molecule has 2 atom stereocenters. The summed E-state index contributed by atoms with van der Waals surface area (Å²) in [4.78, 5) is 0. The Bertz CT molecular complexity index is 235. The first-order valence-electron chi connectivity index (χ1n) is 4.02. The summed E-state index contributed by atoms with van der Waals surface area (Å²) in [5.74, 6) is 0. The van der Waals surface area contributed by atoms with Crippen LogP contribution in [0.2, 0.25) is 0 Å². The van der Waals surface area contributed by atoms with Crippen LogP contribution in [0.5, 0.6) is 0 Å². The lowest BCUT2D eigenvalue weighted by Gasteiger charge is -2.43. The van der Waals surface area contributed by atoms with E-state index >= 15 is 0 Å². The van der Waals surface area contributed by atoms with E-state index in [9.17, 15) is 8.42 Å². The first-order valence-corrected chi connectivity index (χ1v) is 5.52. The van der Waals surface area contributed by atoms with Crippen LogP contribution in [-0.4, -0.2) is 30.6 Å². The quantitative estimate of drug-likeness (QED) is 0.626. The Labute approximate surface area is 68.4 Å². The number of sulfonamides is 1. The van der Waals surface area contributed by atoms with Crippen LogP contribution in [-0.2, 0) is 10.0 Å². The second-order valence-electron chi connectivity index (χ2n) is 3.10. The second kappa shape index (κ2) is 2.75. The topological polar surface area (TPSA) is 37.4 Å². The summed E-state index contributed by atoms with van der Waals surface area (Å²) in [6, 6.07) is 0.208. The molecule has 0 saturated carbocycles. The monoisotopic (exact) mass is 177 g/mol. The highest BCUT2D eigenvalue weighted by molar-refractivity contribution is 7.91. The molecule has 0 radical (unpaired) electrons. The van der Waals surface area contributed by atoms with E-state index in [-0.39, 0.29) is 11.3 Å². The Balaban J connectivity index is 2.70. The SMILES string of the molecule is CCCN1[C@H](C)[C@H](C)S1(=O)=O. The van der Waals surface area contributed by atoms with Gasteiger partial charge >= 0.3 is 0 Å². The molecule has 1 aliphatic rings. The predicted molar refractivity (Wildman–Crippen MR) is 44.8 cm³/mol. The third kappa shape index (κ3) is 1.18. The summed E-state index contributed by atoms with van der Waals surface area (Å²) >= 11 is 0. The van der Waals surface area contributed by atoms with Gasteiger partial charge in [0.2, 0.25) is 10.0 Å². The van der Waals surface area contributed by atoms with E-state index in [0.717, 1.165) is 6.42 Å². The highest BCUT2D eigenvalue weighted by atomic mass is 32.2. The van der Waals surface area contributed by atoms with E-state index in [1.54, 1.807) is 11.2 Å². The Morgan fingerprint density at radius 1 is 1.36 bits per heavy atom. The number of hydrogen-bond donors (Lipinski definition) is 0. The van der Waals surface area contributed by atoms with Gasteiger partial charge in [0.1, 0.15) is 0 Å². The minimum absolute atomic E-state index is 0.172. The fraction of sp³-hybridized carbons (Fsp3) is 1.00. The van der Waals surface area contributed by atoms with Crippen molar-refractivity contribution in [1.29, 1.82) is 0 Å². The summed E-state index contributed by atoms with van der Waals surface area (Å²) < 4.78 is 24.1. The number of hydrogen-bond acceptors (Lipinski definition) is 2. The molecular weight excluding hydrogens is 162 g/mol. The zero-order valence-corrected chi connectivity index (χ0v) is 8.06. The standard InChI is InChI=1S/C7H15NO2S/c1-4-5-8-6(2)7(3)11(8,9)10/h6-7H,4-5H2,1-3H3/t6-,7+/m1/s1. The second-order valence-corrected chi connectivity index (χ2v) is 5.34. The van der Waals surface area contributed by atoms with Gasteiger partial charge in [-0.3, -0.25) is 0 Å². The Kier molecular flexibility index (Phi) is 2.25. The Morgan fingerprint density at radius 3 is 2.27 bits per heavy atom. The van der Waals surface area contributed by atoms with Gasteiger partial charge in [0.05, 0.1) is 5.25 Å². The molecule has 1 aliphatic heterocycles. The van der Waals surface area contributed by atoms with Crippen molar-refractivity contribution < 1.29 is 8.42 Å². The lowest BCUT2D eigenvalue weighted by atomic mass is 10.2. The first-order chi connectivity index (χ1) is 5.01. The number of nitrogens with zero attached hydrogens (tertiary/aromatic N) is 1. The molecule has 4 heteroatoms. The van der Waals surface area contributed by atoms with Crippen molar-refractivity contribution in [1.82, 2.24) is 4.31 Å². The zero-order valence-electron chi connectivity index (χ0n) is 7.24. The molecule has 3 nitrogen and oxygen atoms in total. The van der Waals surface area contributed by atoms with Crippen LogP contribution in [0.3, 0.4) is 0 Å². The van der Waals surface area contributed by atoms with Crippen molar-refractivity contribution in [3.8, 4) is 0 Å². The summed E-state index contributed by atoms with van der Waals surface area (Å²) in [6.07, 6.45) is 0.899. The third-order valence-electron chi connectivity index (χ3n) is 2.37. The van der Waals surface area contributed by atoms with Crippen molar-refractivity contribution in [3.63, 3.8) is 0 Å². The van der Waals surface area contributed by atoms with E-state index < -0.39 is 10.0 Å². The molecule has 0 aromatic rings. The van der Waals surface area contributed by atoms with Crippen LogP contribution in [0.25, 0.3) is 0 Å². The molecule has 0 unspecified atom stereocenters. The van der Waals surface area contributed by atoms with Crippen molar-refractivity contribution in [2.24, 2.45) is 0 Å². The minimum Gasteiger partial charge on any atom is -0.212 e. The lowest BCUT2D eigenvalue weighted by Crippen LogP contribution is -2.61. The molecule has 1 fully saturated rings. The molecule has 0 bridgehead atoms. The van der Waals surface area contributed by atoms with Gasteiger partial charge < -0.3 is 0 Å². The first kappa shape index (κ1) is 9.00. The van der Waals surface area contributed by atoms with Crippen LogP contribution in [0.4, 0.5) is 0 Å². The van der Waals surface area contributed by atoms with Crippen LogP contribution in [0, 0.1) is 0 Å². The van der Waals surface area contributed by atoms with Crippen LogP contribution < -0.4 is 0 Å². The summed E-state index contributed by atoms with van der Waals surface area (Å²) in [6.45, 7) is 6.40. The molecule has 0 aromatic carbocycles. The largest absolute Gasteiger partial charge is 0.218 e. The van der Waals surface area contributed by atoms with Gasteiger partial charge in [-0.15, -0.1) is 0 Å². The maximum absolute atomic E-state index is 11.3. The van der Waals surface area contributed by atoms with E-state index in [1.165, 1.54) is 0 Å². The van der Waals surface area contributed by atoms with Crippen LogP contribution >= 0.6 is 0 Å². The molecular formula is C7H15NO2S. The molecule has 0 amide bonds. The molecule has 1 rings (SSSR count). The summed E-state index contributed by atoms with van der Waals surface area (Å²) in [5, 5.41) is -0.172. The average molecular weight is 177 g/mol. The predicted octanol–water partition coefficient (Wildman–Crippen LogP) is 0.819. The van der Waals surface area contributed by atoms with E-state index in [1.807, 2.05) is 13.8 Å². The van der Waals surface area contributed by atoms with E-state index in [2.05, 4.69) is 0 Å². The summed E-state index contributed by atoms with van der Waals surface area (Å²) in [5.41, 5.74) is 0. The van der Waals surface area contributed by atoms with Crippen molar-refractivity contribution >= 4 is 10.0 Å². The molecule has 0 spiro atoms. The van der Waals surface area contributed by atoms with Crippen molar-refractivity contribution in [2.45, 2.75) is 38.5 Å². The lowest BCUT2D eigenvalue weighted by molar-refractivity contribution is 0.270. The molecule has 0 aliphatic carbocycles. The van der Waals surface area contributed by atoms with Crippen LogP contribution in [0.15, 0.2) is 0 Å². The van der Waals surface area contributed by atoms with E-state index in [4.69, 9.17) is 0 Å². The zero-order chi connectivity index (χ0) is 8.65. The average Bonchev–Trinajstić information content (AvgIpc) is 1.98. The molecule has 1 heterocycles. The molecule has 11 heavy (non-hydrogen) atoms. The van der Waals surface area contributed by atoms with Gasteiger partial charge in [0.15, 0.2) is 0 Å². The highest BCUT2D eigenvalue weighted by Gasteiger charge is 2.47. The summed E-state index contributed by atoms with van der Waals surface area (Å²) in [7, 11) is -2.88. The van der Waals surface area contributed by atoms with Gasteiger partial charge in [-0.2, -0.15) is 4.31 Å². The highest BCUT2D eigenvalue weighted by Crippen LogP contribution is 2.29. The van der Waals surface area contributed by atoms with Crippen LogP contribution in [0.1, 0.15) is 27.2 Å². The van der Waals surface area contributed by atoms with Gasteiger partial charge in [0.25, 0.3) is 0 Å². The fourth-order valence-corrected chi connectivity index (χ4v) is 3.38. The van der Waals surface area contributed by atoms with Crippen molar-refractivity contribution in [2.75, 3.05) is 6.54 Å². The Morgan fingerprint density at radius 2 is 1.91 bits per heavy atom. The normalized spacial score (nSPS) is 36.6. The fourth-order valence-electron chi connectivity index (χ4n) is 1.42. The minimum atomic E-state index is -2.88. The van der Waals surface area contributed by atoms with E-state index in [0.29, 0.717) is 6.54 Å². The van der Waals surface area contributed by atoms with Crippen molar-refractivity contribution in [3.05, 3.63) is 0 Å². The smallest absolute Gasteiger partial charge is 0.212 e. The van der Waals surface area contributed by atoms with Gasteiger partial charge in [0, 0.05) is 12.6 Å². The maximum atomic E-state index is 11.3. The Hall–Kier alpha value is -0.0900. The van der Waals surface area contributed by atoms with Gasteiger partial charge in [-0.1, -0.05) is 6.92 Å².